The standard InChI is InChI=1S/C12H13ClO4S/c1-8-6-10(12(14)15)7-11(9(8)2)18(16,17)5-3-4-13/h3-4,6-7H,5H2,1-2H3,(H,14,15)/b4-3+. The lowest BCUT2D eigenvalue weighted by atomic mass is 10.1. The van der Waals surface area contributed by atoms with Crippen molar-refractivity contribution in [1.82, 2.24) is 0 Å². The maximum atomic E-state index is 12.0. The number of aromatic carboxylic acids is 1. The molecule has 0 radical (unpaired) electrons. The van der Waals surface area contributed by atoms with Crippen molar-refractivity contribution in [2.24, 2.45) is 0 Å². The zero-order valence-electron chi connectivity index (χ0n) is 9.97. The van der Waals surface area contributed by atoms with Gasteiger partial charge in [0.1, 0.15) is 0 Å². The van der Waals surface area contributed by atoms with Gasteiger partial charge >= 0.3 is 5.97 Å². The Labute approximate surface area is 111 Å². The Morgan fingerprint density at radius 3 is 2.50 bits per heavy atom. The van der Waals surface area contributed by atoms with E-state index in [1.807, 2.05) is 0 Å². The van der Waals surface area contributed by atoms with Crippen LogP contribution < -0.4 is 0 Å². The summed E-state index contributed by atoms with van der Waals surface area (Å²) in [6, 6.07) is 2.64. The van der Waals surface area contributed by atoms with Crippen molar-refractivity contribution in [3.8, 4) is 0 Å². The van der Waals surface area contributed by atoms with Crippen LogP contribution in [0.1, 0.15) is 21.5 Å². The first kappa shape index (κ1) is 14.7. The Hall–Kier alpha value is -1.33. The molecule has 0 aliphatic rings. The number of sulfone groups is 1. The molecule has 0 bridgehead atoms. The number of halogens is 1. The Morgan fingerprint density at radius 2 is 2.00 bits per heavy atom. The minimum absolute atomic E-state index is 0.0356. The van der Waals surface area contributed by atoms with Gasteiger partial charge in [0.15, 0.2) is 9.84 Å². The van der Waals surface area contributed by atoms with Crippen LogP contribution in [-0.2, 0) is 9.84 Å². The van der Waals surface area contributed by atoms with Crippen molar-refractivity contribution in [2.75, 3.05) is 5.75 Å². The quantitative estimate of drug-likeness (QED) is 0.924. The van der Waals surface area contributed by atoms with Crippen LogP contribution in [0.3, 0.4) is 0 Å². The van der Waals surface area contributed by atoms with Crippen molar-refractivity contribution < 1.29 is 18.3 Å². The molecule has 0 heterocycles. The molecule has 0 unspecified atom stereocenters. The summed E-state index contributed by atoms with van der Waals surface area (Å²) in [4.78, 5) is 11.0. The summed E-state index contributed by atoms with van der Waals surface area (Å²) in [5.74, 6) is -1.40. The lowest BCUT2D eigenvalue weighted by Gasteiger charge is -2.10. The van der Waals surface area contributed by atoms with Crippen LogP contribution >= 0.6 is 11.6 Å². The van der Waals surface area contributed by atoms with E-state index in [9.17, 15) is 13.2 Å². The van der Waals surface area contributed by atoms with Gasteiger partial charge in [-0.25, -0.2) is 13.2 Å². The predicted molar refractivity (Wildman–Crippen MR) is 69.9 cm³/mol. The van der Waals surface area contributed by atoms with Gasteiger partial charge in [-0.2, -0.15) is 0 Å². The van der Waals surface area contributed by atoms with Crippen molar-refractivity contribution >= 4 is 27.4 Å². The van der Waals surface area contributed by atoms with Gasteiger partial charge in [0.2, 0.25) is 0 Å². The second kappa shape index (κ2) is 5.54. The van der Waals surface area contributed by atoms with Crippen LogP contribution in [0.5, 0.6) is 0 Å². The maximum absolute atomic E-state index is 12.0. The summed E-state index contributed by atoms with van der Waals surface area (Å²) in [5, 5.41) is 8.94. The summed E-state index contributed by atoms with van der Waals surface area (Å²) in [6.07, 6.45) is 1.30. The van der Waals surface area contributed by atoms with E-state index in [1.54, 1.807) is 13.8 Å². The van der Waals surface area contributed by atoms with Crippen LogP contribution in [0.25, 0.3) is 0 Å². The monoisotopic (exact) mass is 288 g/mol. The van der Waals surface area contributed by atoms with Gasteiger partial charge in [-0.3, -0.25) is 0 Å². The van der Waals surface area contributed by atoms with Crippen LogP contribution in [0.4, 0.5) is 0 Å². The number of hydrogen-bond donors (Lipinski definition) is 1. The first-order valence-electron chi connectivity index (χ1n) is 5.12. The van der Waals surface area contributed by atoms with Crippen LogP contribution in [0.15, 0.2) is 28.6 Å². The first-order valence-corrected chi connectivity index (χ1v) is 7.21. The van der Waals surface area contributed by atoms with Gasteiger partial charge in [-0.1, -0.05) is 17.7 Å². The molecule has 0 fully saturated rings. The molecule has 0 amide bonds. The van der Waals surface area contributed by atoms with Crippen molar-refractivity contribution in [1.29, 1.82) is 0 Å². The molecular formula is C12H13ClO4S. The molecule has 0 aliphatic carbocycles. The minimum Gasteiger partial charge on any atom is -0.478 e. The molecule has 4 nitrogen and oxygen atoms in total. The number of carbonyl (C=O) groups is 1. The third kappa shape index (κ3) is 3.11. The normalized spacial score (nSPS) is 11.9. The SMILES string of the molecule is Cc1cc(C(=O)O)cc(S(=O)(=O)C/C=C/Cl)c1C. The van der Waals surface area contributed by atoms with Crippen LogP contribution in [-0.4, -0.2) is 25.2 Å². The summed E-state index contributed by atoms with van der Waals surface area (Å²) < 4.78 is 24.1. The fourth-order valence-corrected chi connectivity index (χ4v) is 3.18. The van der Waals surface area contributed by atoms with E-state index in [0.717, 1.165) is 5.54 Å². The Bertz CT molecular complexity index is 603. The molecule has 0 aliphatic heterocycles. The predicted octanol–water partition coefficient (Wildman–Crippen LogP) is 2.53. The molecule has 0 saturated heterocycles. The average Bonchev–Trinajstić information content (AvgIpc) is 2.29. The summed E-state index contributed by atoms with van der Waals surface area (Å²) >= 11 is 5.31. The Kier molecular flexibility index (Phi) is 4.53. The number of hydrogen-bond acceptors (Lipinski definition) is 3. The molecule has 18 heavy (non-hydrogen) atoms. The maximum Gasteiger partial charge on any atom is 0.335 e. The number of carboxylic acids is 1. The third-order valence-electron chi connectivity index (χ3n) is 2.61. The molecule has 0 spiro atoms. The lowest BCUT2D eigenvalue weighted by Crippen LogP contribution is -2.10. The number of rotatable bonds is 4. The third-order valence-corrected chi connectivity index (χ3v) is 4.51. The average molecular weight is 289 g/mol. The van der Waals surface area contributed by atoms with E-state index in [2.05, 4.69) is 0 Å². The summed E-state index contributed by atoms with van der Waals surface area (Å²) in [5.41, 5.74) is 2.28. The van der Waals surface area contributed by atoms with Gasteiger partial charge in [0.05, 0.1) is 16.2 Å². The molecule has 1 N–H and O–H groups in total. The molecule has 1 aromatic rings. The molecule has 0 aromatic heterocycles. The van der Waals surface area contributed by atoms with E-state index in [4.69, 9.17) is 16.7 Å². The van der Waals surface area contributed by atoms with E-state index >= 15 is 0 Å². The fraction of sp³-hybridized carbons (Fsp3) is 0.250. The van der Waals surface area contributed by atoms with Gasteiger partial charge in [0.25, 0.3) is 0 Å². The summed E-state index contributed by atoms with van der Waals surface area (Å²) in [6.45, 7) is 3.33. The van der Waals surface area contributed by atoms with Crippen molar-refractivity contribution in [2.45, 2.75) is 18.7 Å². The largest absolute Gasteiger partial charge is 0.478 e. The Balaban J connectivity index is 3.44. The van der Waals surface area contributed by atoms with Gasteiger partial charge in [-0.15, -0.1) is 0 Å². The van der Waals surface area contributed by atoms with Gasteiger partial charge in [0, 0.05) is 5.54 Å². The van der Waals surface area contributed by atoms with Crippen LogP contribution in [0, 0.1) is 13.8 Å². The second-order valence-electron chi connectivity index (χ2n) is 3.86. The molecule has 1 aromatic carbocycles. The highest BCUT2D eigenvalue weighted by Crippen LogP contribution is 2.22. The van der Waals surface area contributed by atoms with Gasteiger partial charge < -0.3 is 5.11 Å². The second-order valence-corrected chi connectivity index (χ2v) is 6.12. The highest BCUT2D eigenvalue weighted by atomic mass is 35.5. The van der Waals surface area contributed by atoms with Crippen molar-refractivity contribution in [3.63, 3.8) is 0 Å². The van der Waals surface area contributed by atoms with Crippen molar-refractivity contribution in [3.05, 3.63) is 40.4 Å². The number of aryl methyl sites for hydroxylation is 1. The van der Waals surface area contributed by atoms with E-state index < -0.39 is 15.8 Å². The fourth-order valence-electron chi connectivity index (χ4n) is 1.53. The molecule has 1 rings (SSSR count). The lowest BCUT2D eigenvalue weighted by molar-refractivity contribution is 0.0696. The molecule has 0 atom stereocenters. The zero-order valence-corrected chi connectivity index (χ0v) is 11.5. The zero-order chi connectivity index (χ0) is 13.9. The highest BCUT2D eigenvalue weighted by Gasteiger charge is 2.19. The molecule has 6 heteroatoms. The molecule has 98 valence electrons. The van der Waals surface area contributed by atoms with E-state index in [0.29, 0.717) is 11.1 Å². The first-order chi connectivity index (χ1) is 8.29. The molecule has 0 saturated carbocycles. The molecular weight excluding hydrogens is 276 g/mol. The highest BCUT2D eigenvalue weighted by molar-refractivity contribution is 7.91. The number of benzene rings is 1. The van der Waals surface area contributed by atoms with E-state index in [1.165, 1.54) is 18.2 Å². The van der Waals surface area contributed by atoms with Gasteiger partial charge in [-0.05, 0) is 37.1 Å². The number of carboxylic acid groups (broad SMARTS) is 1. The summed E-state index contributed by atoms with van der Waals surface area (Å²) in [7, 11) is -3.57. The smallest absolute Gasteiger partial charge is 0.335 e. The minimum atomic E-state index is -3.57. The van der Waals surface area contributed by atoms with E-state index in [-0.39, 0.29) is 16.2 Å². The van der Waals surface area contributed by atoms with Crippen LogP contribution in [0.2, 0.25) is 0 Å². The Morgan fingerprint density at radius 1 is 1.39 bits per heavy atom. The topological polar surface area (TPSA) is 71.4 Å².